The Labute approximate surface area is 205 Å². The van der Waals surface area contributed by atoms with Crippen molar-refractivity contribution in [3.05, 3.63) is 68.3 Å². The molecule has 2 unspecified atom stereocenters. The second-order valence-electron chi connectivity index (χ2n) is 8.87. The molecular formula is C26H28FN3O6. The first kappa shape index (κ1) is 25.5. The molecule has 36 heavy (non-hydrogen) atoms. The van der Waals surface area contributed by atoms with Gasteiger partial charge in [-0.15, -0.1) is 0 Å². The molecule has 0 amide bonds. The number of methoxy groups -OCH3 is 1. The van der Waals surface area contributed by atoms with Crippen LogP contribution in [0, 0.1) is 5.82 Å². The van der Waals surface area contributed by atoms with E-state index in [1.165, 1.54) is 29.9 Å². The van der Waals surface area contributed by atoms with E-state index < -0.39 is 35.2 Å². The number of carbonyl (C=O) groups excluding carboxylic acids is 1. The number of benzene rings is 1. The van der Waals surface area contributed by atoms with Gasteiger partial charge in [-0.2, -0.15) is 0 Å². The smallest absolute Gasteiger partial charge is 0.329 e. The van der Waals surface area contributed by atoms with E-state index in [1.807, 2.05) is 0 Å². The highest BCUT2D eigenvalue weighted by Crippen LogP contribution is 2.44. The summed E-state index contributed by atoms with van der Waals surface area (Å²) in [6, 6.07) is 5.67. The number of rotatable bonds is 9. The first-order valence-corrected chi connectivity index (χ1v) is 11.8. The fourth-order valence-electron chi connectivity index (χ4n) is 4.31. The summed E-state index contributed by atoms with van der Waals surface area (Å²) in [5.41, 5.74) is 1.35. The summed E-state index contributed by atoms with van der Waals surface area (Å²) in [7, 11) is 1.22. The summed E-state index contributed by atoms with van der Waals surface area (Å²) < 4.78 is 19.7. The van der Waals surface area contributed by atoms with Crippen LogP contribution in [-0.4, -0.2) is 50.0 Å². The van der Waals surface area contributed by atoms with E-state index in [0.717, 1.165) is 12.8 Å². The maximum atomic E-state index is 13.7. The lowest BCUT2D eigenvalue weighted by atomic mass is 9.93. The number of aliphatic hydroxyl groups excluding tert-OH is 2. The Morgan fingerprint density at radius 2 is 1.97 bits per heavy atom. The molecule has 3 N–H and O–H groups in total. The monoisotopic (exact) mass is 497 g/mol. The van der Waals surface area contributed by atoms with E-state index in [2.05, 4.69) is 9.72 Å². The van der Waals surface area contributed by atoms with Crippen molar-refractivity contribution in [3.8, 4) is 11.1 Å². The normalized spacial score (nSPS) is 15.4. The molecule has 1 fully saturated rings. The van der Waals surface area contributed by atoms with Crippen molar-refractivity contribution in [2.24, 2.45) is 0 Å². The molecule has 1 aromatic carbocycles. The van der Waals surface area contributed by atoms with Crippen LogP contribution in [0.2, 0.25) is 0 Å². The lowest BCUT2D eigenvalue weighted by Crippen LogP contribution is -2.31. The number of pyridine rings is 1. The molecular weight excluding hydrogens is 469 g/mol. The maximum absolute atomic E-state index is 13.7. The third kappa shape index (κ3) is 5.29. The van der Waals surface area contributed by atoms with Gasteiger partial charge in [-0.1, -0.05) is 24.3 Å². The Bertz CT molecular complexity index is 1420. The number of ether oxygens (including phenoxy) is 1. The summed E-state index contributed by atoms with van der Waals surface area (Å²) >= 11 is 0. The van der Waals surface area contributed by atoms with Gasteiger partial charge in [0.05, 0.1) is 36.8 Å². The van der Waals surface area contributed by atoms with Crippen LogP contribution < -0.4 is 11.2 Å². The number of fused-ring (bicyclic) bond motifs is 1. The lowest BCUT2D eigenvalue weighted by molar-refractivity contribution is -0.143. The summed E-state index contributed by atoms with van der Waals surface area (Å²) in [4.78, 5) is 44.0. The van der Waals surface area contributed by atoms with E-state index in [9.17, 15) is 29.0 Å². The summed E-state index contributed by atoms with van der Waals surface area (Å²) in [5, 5.41) is 20.8. The highest BCUT2D eigenvalue weighted by atomic mass is 19.1. The molecule has 1 aliphatic carbocycles. The van der Waals surface area contributed by atoms with E-state index in [4.69, 9.17) is 4.98 Å². The lowest BCUT2D eigenvalue weighted by Gasteiger charge is -2.17. The number of esters is 1. The maximum Gasteiger partial charge on any atom is 0.329 e. The number of hydrogen-bond acceptors (Lipinski definition) is 7. The Balaban J connectivity index is 1.90. The molecule has 3 aromatic rings. The standard InChI is InChI=1S/C26H28FN3O6/c1-3-30-24-22(25(34)29-26(30)35)21(14-6-8-16(27)9-7-14)19(23(28-24)15-4-5-15)11-10-17(31)12-18(32)13-20(33)36-2/h6-11,15,17-18,31-32H,3-5,12-13H2,1-2H3,(H,29,34,35)/b11-10+. The van der Waals surface area contributed by atoms with Crippen molar-refractivity contribution in [1.82, 2.24) is 14.5 Å². The number of nitrogens with zero attached hydrogens (tertiary/aromatic N) is 2. The molecule has 0 bridgehead atoms. The van der Waals surface area contributed by atoms with Crippen LogP contribution in [0.25, 0.3) is 28.2 Å². The van der Waals surface area contributed by atoms with Gasteiger partial charge in [0.1, 0.15) is 11.5 Å². The minimum Gasteiger partial charge on any atom is -0.469 e. The van der Waals surface area contributed by atoms with Crippen molar-refractivity contribution >= 4 is 23.1 Å². The minimum atomic E-state index is -1.10. The topological polar surface area (TPSA) is 135 Å². The number of aromatic nitrogens is 3. The van der Waals surface area contributed by atoms with Crippen LogP contribution in [0.1, 0.15) is 49.8 Å². The zero-order valence-corrected chi connectivity index (χ0v) is 20.0. The number of halogens is 1. The fourth-order valence-corrected chi connectivity index (χ4v) is 4.31. The highest BCUT2D eigenvalue weighted by Gasteiger charge is 2.31. The number of aryl methyl sites for hydroxylation is 1. The van der Waals surface area contributed by atoms with E-state index in [-0.39, 0.29) is 36.3 Å². The first-order chi connectivity index (χ1) is 17.2. The van der Waals surface area contributed by atoms with Crippen LogP contribution >= 0.6 is 0 Å². The molecule has 0 saturated heterocycles. The number of hydrogen-bond donors (Lipinski definition) is 3. The van der Waals surface area contributed by atoms with Crippen LogP contribution in [0.15, 0.2) is 39.9 Å². The third-order valence-corrected chi connectivity index (χ3v) is 6.24. The summed E-state index contributed by atoms with van der Waals surface area (Å²) in [6.07, 6.45) is 2.29. The molecule has 0 radical (unpaired) electrons. The van der Waals surface area contributed by atoms with Gasteiger partial charge in [0.2, 0.25) is 0 Å². The quantitative estimate of drug-likeness (QED) is 0.387. The van der Waals surface area contributed by atoms with Crippen LogP contribution in [0.4, 0.5) is 4.39 Å². The first-order valence-electron chi connectivity index (χ1n) is 11.8. The van der Waals surface area contributed by atoms with E-state index in [0.29, 0.717) is 22.4 Å². The van der Waals surface area contributed by atoms with Gasteiger partial charge < -0.3 is 14.9 Å². The average molecular weight is 498 g/mol. The predicted molar refractivity (Wildman–Crippen MR) is 132 cm³/mol. The minimum absolute atomic E-state index is 0.104. The van der Waals surface area contributed by atoms with Crippen molar-refractivity contribution in [1.29, 1.82) is 0 Å². The molecule has 0 spiro atoms. The van der Waals surface area contributed by atoms with Gasteiger partial charge in [-0.3, -0.25) is 19.1 Å². The molecule has 1 saturated carbocycles. The van der Waals surface area contributed by atoms with Crippen LogP contribution in [0.5, 0.6) is 0 Å². The molecule has 9 nitrogen and oxygen atoms in total. The Morgan fingerprint density at radius 1 is 1.28 bits per heavy atom. The third-order valence-electron chi connectivity index (χ3n) is 6.24. The van der Waals surface area contributed by atoms with Gasteiger partial charge in [-0.25, -0.2) is 14.2 Å². The zero-order chi connectivity index (χ0) is 26.0. The van der Waals surface area contributed by atoms with Gasteiger partial charge >= 0.3 is 11.7 Å². The highest BCUT2D eigenvalue weighted by molar-refractivity contribution is 5.97. The molecule has 2 aromatic heterocycles. The van der Waals surface area contributed by atoms with Crippen LogP contribution in [-0.2, 0) is 16.1 Å². The van der Waals surface area contributed by atoms with Crippen LogP contribution in [0.3, 0.4) is 0 Å². The molecule has 4 rings (SSSR count). The Hall–Kier alpha value is -3.63. The Morgan fingerprint density at radius 3 is 2.58 bits per heavy atom. The molecule has 2 heterocycles. The Kier molecular flexibility index (Phi) is 7.46. The number of H-pyrrole nitrogens is 1. The number of aliphatic hydroxyl groups is 2. The van der Waals surface area contributed by atoms with Gasteiger partial charge in [0.25, 0.3) is 5.56 Å². The molecule has 190 valence electrons. The van der Waals surface area contributed by atoms with Crippen molar-refractivity contribution in [3.63, 3.8) is 0 Å². The molecule has 1 aliphatic rings. The second-order valence-corrected chi connectivity index (χ2v) is 8.87. The predicted octanol–water partition coefficient (Wildman–Crippen LogP) is 2.48. The zero-order valence-electron chi connectivity index (χ0n) is 20.0. The summed E-state index contributed by atoms with van der Waals surface area (Å²) in [5.74, 6) is -0.922. The largest absolute Gasteiger partial charge is 0.469 e. The van der Waals surface area contributed by atoms with Crippen molar-refractivity contribution in [2.75, 3.05) is 7.11 Å². The number of nitrogens with one attached hydrogen (secondary N) is 1. The fraction of sp³-hybridized carbons (Fsp3) is 0.385. The van der Waals surface area contributed by atoms with Gasteiger partial charge in [0, 0.05) is 30.0 Å². The van der Waals surface area contributed by atoms with E-state index in [1.54, 1.807) is 25.1 Å². The van der Waals surface area contributed by atoms with Crippen molar-refractivity contribution in [2.45, 2.75) is 57.3 Å². The average Bonchev–Trinajstić information content (AvgIpc) is 3.68. The van der Waals surface area contributed by atoms with Gasteiger partial charge in [-0.05, 0) is 37.5 Å². The second kappa shape index (κ2) is 10.5. The van der Waals surface area contributed by atoms with Gasteiger partial charge in [0.15, 0.2) is 0 Å². The number of aromatic amines is 1. The molecule has 2 atom stereocenters. The van der Waals surface area contributed by atoms with E-state index >= 15 is 0 Å². The number of carbonyl (C=O) groups is 1. The van der Waals surface area contributed by atoms with Crippen molar-refractivity contribution < 1.29 is 24.1 Å². The SMILES string of the molecule is CCn1c(=O)[nH]c(=O)c2c(-c3ccc(F)cc3)c(/C=C/C(O)CC(O)CC(=O)OC)c(C3CC3)nc21. The molecule has 10 heteroatoms. The summed E-state index contributed by atoms with van der Waals surface area (Å²) in [6.45, 7) is 2.07. The molecule has 0 aliphatic heterocycles.